The summed E-state index contributed by atoms with van der Waals surface area (Å²) in [5.74, 6) is -2.24. The number of hydrogen-bond donors (Lipinski definition) is 0. The van der Waals surface area contributed by atoms with Gasteiger partial charge in [0.2, 0.25) is 0 Å². The predicted octanol–water partition coefficient (Wildman–Crippen LogP) is -0.653. The van der Waals surface area contributed by atoms with Gasteiger partial charge in [0, 0.05) is 7.04 Å². The molecular formula is C6H10O5. The summed E-state index contributed by atoms with van der Waals surface area (Å²) in [5, 5.41) is 0. The first-order chi connectivity index (χ1) is 6.31. The van der Waals surface area contributed by atoms with Crippen LogP contribution in [-0.4, -0.2) is 39.3 Å². The van der Waals surface area contributed by atoms with Gasteiger partial charge in [0.1, 0.15) is 0 Å². The molecule has 0 aliphatic carbocycles. The molecule has 0 N–H and O–H groups in total. The molecule has 0 rings (SSSR count). The van der Waals surface area contributed by atoms with Crippen LogP contribution in [-0.2, 0) is 23.8 Å². The molecule has 0 aromatic carbocycles. The fraction of sp³-hybridized carbons (Fsp3) is 0.667. The lowest BCUT2D eigenvalue weighted by Gasteiger charge is -2.09. The molecular weight excluding hydrogens is 152 g/mol. The Bertz CT molecular complexity index is 208. The quantitative estimate of drug-likeness (QED) is 0.410. The molecule has 0 unspecified atom stereocenters. The number of carbonyl (C=O) groups excluding carboxylic acids is 2. The van der Waals surface area contributed by atoms with Gasteiger partial charge in [-0.15, -0.1) is 0 Å². The van der Waals surface area contributed by atoms with E-state index < -0.39 is 25.1 Å². The van der Waals surface area contributed by atoms with E-state index in [0.717, 1.165) is 14.2 Å². The smallest absolute Gasteiger partial charge is 0.346 e. The van der Waals surface area contributed by atoms with Gasteiger partial charge in [0.15, 0.2) is 0 Å². The van der Waals surface area contributed by atoms with Crippen LogP contribution in [0.15, 0.2) is 0 Å². The molecule has 5 heteroatoms. The molecule has 0 aromatic rings. The number of ether oxygens (including phenoxy) is 3. The Morgan fingerprint density at radius 3 is 2.00 bits per heavy atom. The van der Waals surface area contributed by atoms with Crippen molar-refractivity contribution in [1.29, 1.82) is 0 Å². The standard InChI is InChI=1S/C6H10O5/c1-9-4(5(7)10-2)6(8)11-3/h4H,1-3H3/i1D3. The molecule has 0 amide bonds. The van der Waals surface area contributed by atoms with Crippen LogP contribution in [0.3, 0.4) is 0 Å². The lowest BCUT2D eigenvalue weighted by Crippen LogP contribution is -2.33. The van der Waals surface area contributed by atoms with Crippen LogP contribution >= 0.6 is 0 Å². The van der Waals surface area contributed by atoms with Gasteiger partial charge in [0.25, 0.3) is 6.10 Å². The van der Waals surface area contributed by atoms with Crippen LogP contribution in [0.25, 0.3) is 0 Å². The van der Waals surface area contributed by atoms with Crippen molar-refractivity contribution in [2.24, 2.45) is 0 Å². The maximum atomic E-state index is 10.9. The van der Waals surface area contributed by atoms with E-state index in [4.69, 9.17) is 4.11 Å². The van der Waals surface area contributed by atoms with Crippen molar-refractivity contribution in [1.82, 2.24) is 0 Å². The molecule has 0 aromatic heterocycles. The van der Waals surface area contributed by atoms with Gasteiger partial charge in [-0.25, -0.2) is 9.59 Å². The Morgan fingerprint density at radius 2 is 1.73 bits per heavy atom. The number of methoxy groups -OCH3 is 3. The molecule has 0 aliphatic rings. The molecule has 0 aliphatic heterocycles. The summed E-state index contributed by atoms with van der Waals surface area (Å²) in [7, 11) is -0.866. The molecule has 0 radical (unpaired) electrons. The Morgan fingerprint density at radius 1 is 1.27 bits per heavy atom. The second kappa shape index (κ2) is 4.68. The van der Waals surface area contributed by atoms with Crippen molar-refractivity contribution in [2.75, 3.05) is 21.3 Å². The summed E-state index contributed by atoms with van der Waals surface area (Å²) in [5.41, 5.74) is 0. The molecule has 64 valence electrons. The van der Waals surface area contributed by atoms with E-state index in [9.17, 15) is 9.59 Å². The van der Waals surface area contributed by atoms with Crippen LogP contribution in [0.1, 0.15) is 4.11 Å². The van der Waals surface area contributed by atoms with Gasteiger partial charge in [-0.2, -0.15) is 0 Å². The topological polar surface area (TPSA) is 61.8 Å². The molecule has 11 heavy (non-hydrogen) atoms. The fourth-order valence-corrected chi connectivity index (χ4v) is 0.407. The Hall–Kier alpha value is -1.10. The normalized spacial score (nSPS) is 14.6. The highest BCUT2D eigenvalue weighted by Gasteiger charge is 2.27. The third-order valence-corrected chi connectivity index (χ3v) is 0.948. The monoisotopic (exact) mass is 165 g/mol. The molecule has 0 heterocycles. The first-order valence-corrected chi connectivity index (χ1v) is 2.65. The van der Waals surface area contributed by atoms with E-state index in [1.165, 1.54) is 0 Å². The van der Waals surface area contributed by atoms with Crippen LogP contribution in [0, 0.1) is 0 Å². The number of esters is 2. The van der Waals surface area contributed by atoms with Crippen molar-refractivity contribution >= 4 is 11.9 Å². The van der Waals surface area contributed by atoms with Crippen molar-refractivity contribution in [3.8, 4) is 0 Å². The Balaban J connectivity index is 4.57. The van der Waals surface area contributed by atoms with Crippen LogP contribution in [0.4, 0.5) is 0 Å². The van der Waals surface area contributed by atoms with Gasteiger partial charge in [-0.1, -0.05) is 0 Å². The van der Waals surface area contributed by atoms with Gasteiger partial charge in [0.05, 0.1) is 18.3 Å². The summed E-state index contributed by atoms with van der Waals surface area (Å²) in [4.78, 5) is 21.8. The predicted molar refractivity (Wildman–Crippen MR) is 34.8 cm³/mol. The number of carbonyl (C=O) groups is 2. The molecule has 0 bridgehead atoms. The van der Waals surface area contributed by atoms with E-state index in [1.54, 1.807) is 0 Å². The molecule has 0 atom stereocenters. The van der Waals surface area contributed by atoms with Gasteiger partial charge < -0.3 is 14.2 Å². The zero-order valence-corrected chi connectivity index (χ0v) is 6.12. The fourth-order valence-electron chi connectivity index (χ4n) is 0.407. The average Bonchev–Trinajstić information content (AvgIpc) is 2.10. The molecule has 0 fully saturated rings. The number of rotatable bonds is 3. The lowest BCUT2D eigenvalue weighted by molar-refractivity contribution is -0.167. The van der Waals surface area contributed by atoms with Crippen molar-refractivity contribution in [3.63, 3.8) is 0 Å². The first-order valence-electron chi connectivity index (χ1n) is 4.15. The zero-order valence-electron chi connectivity index (χ0n) is 9.12. The van der Waals surface area contributed by atoms with Crippen LogP contribution in [0.2, 0.25) is 0 Å². The second-order valence-corrected chi connectivity index (χ2v) is 1.54. The van der Waals surface area contributed by atoms with Crippen LogP contribution in [0.5, 0.6) is 0 Å². The third-order valence-electron chi connectivity index (χ3n) is 0.948. The average molecular weight is 165 g/mol. The van der Waals surface area contributed by atoms with Crippen molar-refractivity contribution in [3.05, 3.63) is 0 Å². The SMILES string of the molecule is [2H]C([2H])([2H])OC(C(=O)OC)C(=O)OC. The highest BCUT2D eigenvalue weighted by molar-refractivity contribution is 5.97. The van der Waals surface area contributed by atoms with E-state index in [-0.39, 0.29) is 0 Å². The van der Waals surface area contributed by atoms with Crippen molar-refractivity contribution < 1.29 is 27.9 Å². The summed E-state index contributed by atoms with van der Waals surface area (Å²) in [6.07, 6.45) is -1.88. The highest BCUT2D eigenvalue weighted by Crippen LogP contribution is 1.95. The summed E-state index contributed by atoms with van der Waals surface area (Å²) in [6.45, 7) is 0. The maximum absolute atomic E-state index is 10.9. The number of hydrogen-bond acceptors (Lipinski definition) is 5. The molecule has 5 nitrogen and oxygen atoms in total. The Labute approximate surface area is 68.4 Å². The molecule has 0 saturated carbocycles. The minimum Gasteiger partial charge on any atom is -0.467 e. The maximum Gasteiger partial charge on any atom is 0.346 e. The van der Waals surface area contributed by atoms with Crippen LogP contribution < -0.4 is 0 Å². The summed E-state index contributed by atoms with van der Waals surface area (Å²) in [6, 6.07) is 0. The van der Waals surface area contributed by atoms with E-state index in [1.807, 2.05) is 0 Å². The van der Waals surface area contributed by atoms with Crippen molar-refractivity contribution in [2.45, 2.75) is 6.10 Å². The zero-order chi connectivity index (χ0) is 11.4. The minimum atomic E-state index is -2.87. The van der Waals surface area contributed by atoms with E-state index in [0.29, 0.717) is 0 Å². The van der Waals surface area contributed by atoms with Gasteiger partial charge in [-0.05, 0) is 0 Å². The highest BCUT2D eigenvalue weighted by atomic mass is 16.6. The molecule has 0 spiro atoms. The van der Waals surface area contributed by atoms with Gasteiger partial charge in [-0.3, -0.25) is 0 Å². The third kappa shape index (κ3) is 2.55. The summed E-state index contributed by atoms with van der Waals surface area (Å²) >= 11 is 0. The largest absolute Gasteiger partial charge is 0.467 e. The second-order valence-electron chi connectivity index (χ2n) is 1.54. The van der Waals surface area contributed by atoms with E-state index in [2.05, 4.69) is 14.2 Å². The first kappa shape index (κ1) is 5.54. The van der Waals surface area contributed by atoms with Gasteiger partial charge >= 0.3 is 11.9 Å². The minimum absolute atomic E-state index is 1.00. The molecule has 0 saturated heterocycles. The summed E-state index contributed by atoms with van der Waals surface area (Å²) < 4.78 is 32.6. The Kier molecular flexibility index (Phi) is 2.35. The van der Waals surface area contributed by atoms with E-state index >= 15 is 0 Å². The lowest BCUT2D eigenvalue weighted by atomic mass is 10.4.